The lowest BCUT2D eigenvalue weighted by Gasteiger charge is -2.34. The molecular formula is C23H32N4O4S2. The summed E-state index contributed by atoms with van der Waals surface area (Å²) in [5, 5.41) is 5.31. The van der Waals surface area contributed by atoms with Crippen molar-refractivity contribution >= 4 is 32.4 Å². The van der Waals surface area contributed by atoms with E-state index in [-0.39, 0.29) is 23.0 Å². The molecule has 2 fully saturated rings. The van der Waals surface area contributed by atoms with Gasteiger partial charge in [0.1, 0.15) is 0 Å². The topological polar surface area (TPSA) is 91.8 Å². The predicted octanol–water partition coefficient (Wildman–Crippen LogP) is 3.43. The quantitative estimate of drug-likeness (QED) is 0.664. The van der Waals surface area contributed by atoms with Gasteiger partial charge in [-0.25, -0.2) is 13.4 Å². The molecule has 0 bridgehead atoms. The van der Waals surface area contributed by atoms with Gasteiger partial charge in [-0.3, -0.25) is 15.0 Å². The summed E-state index contributed by atoms with van der Waals surface area (Å²) in [5.41, 5.74) is 1.31. The summed E-state index contributed by atoms with van der Waals surface area (Å²) in [6.07, 6.45) is 2.13. The van der Waals surface area contributed by atoms with Crippen molar-refractivity contribution < 1.29 is 17.9 Å². The third-order valence-electron chi connectivity index (χ3n) is 6.15. The second-order valence-electron chi connectivity index (χ2n) is 9.16. The van der Waals surface area contributed by atoms with Crippen LogP contribution in [0.25, 0.3) is 0 Å². The highest BCUT2D eigenvalue weighted by molar-refractivity contribution is 7.89. The van der Waals surface area contributed by atoms with E-state index in [1.165, 1.54) is 27.8 Å². The lowest BCUT2D eigenvalue weighted by Crippen LogP contribution is -2.44. The van der Waals surface area contributed by atoms with Crippen LogP contribution < -0.4 is 5.32 Å². The van der Waals surface area contributed by atoms with Gasteiger partial charge in [0.25, 0.3) is 5.91 Å². The van der Waals surface area contributed by atoms with Gasteiger partial charge in [0.05, 0.1) is 22.8 Å². The van der Waals surface area contributed by atoms with Gasteiger partial charge in [-0.15, -0.1) is 11.3 Å². The van der Waals surface area contributed by atoms with E-state index in [4.69, 9.17) is 4.74 Å². The van der Waals surface area contributed by atoms with E-state index >= 15 is 0 Å². The van der Waals surface area contributed by atoms with Gasteiger partial charge in [-0.2, -0.15) is 4.31 Å². The third kappa shape index (κ3) is 5.99. The Morgan fingerprint density at radius 3 is 2.39 bits per heavy atom. The molecule has 8 nitrogen and oxygen atoms in total. The minimum absolute atomic E-state index is 0.191. The normalized spacial score (nSPS) is 23.5. The van der Waals surface area contributed by atoms with Crippen LogP contribution in [0, 0.1) is 5.92 Å². The predicted molar refractivity (Wildman–Crippen MR) is 129 cm³/mol. The van der Waals surface area contributed by atoms with E-state index in [0.29, 0.717) is 36.2 Å². The zero-order valence-electron chi connectivity index (χ0n) is 19.4. The molecule has 1 N–H and O–H groups in total. The molecular weight excluding hydrogens is 460 g/mol. The first-order valence-electron chi connectivity index (χ1n) is 11.4. The molecule has 2 aliphatic heterocycles. The smallest absolute Gasteiger partial charge is 0.257 e. The first-order valence-corrected chi connectivity index (χ1v) is 13.8. The Morgan fingerprint density at radius 2 is 1.76 bits per heavy atom. The van der Waals surface area contributed by atoms with Gasteiger partial charge in [0, 0.05) is 43.7 Å². The second kappa shape index (κ2) is 10.2. The largest absolute Gasteiger partial charge is 0.373 e. The molecule has 2 saturated heterocycles. The van der Waals surface area contributed by atoms with Crippen molar-refractivity contribution in [1.82, 2.24) is 14.2 Å². The number of benzene rings is 1. The summed E-state index contributed by atoms with van der Waals surface area (Å²) >= 11 is 1.39. The second-order valence-corrected chi connectivity index (χ2v) is 12.0. The van der Waals surface area contributed by atoms with Gasteiger partial charge in [-0.1, -0.05) is 6.92 Å². The van der Waals surface area contributed by atoms with E-state index in [9.17, 15) is 13.2 Å². The van der Waals surface area contributed by atoms with Gasteiger partial charge in [0.15, 0.2) is 5.13 Å². The van der Waals surface area contributed by atoms with Crippen molar-refractivity contribution in [3.8, 4) is 0 Å². The van der Waals surface area contributed by atoms with Crippen LogP contribution in [-0.2, 0) is 21.3 Å². The monoisotopic (exact) mass is 492 g/mol. The Morgan fingerprint density at radius 1 is 1.12 bits per heavy atom. The van der Waals surface area contributed by atoms with E-state index in [1.54, 1.807) is 12.1 Å². The lowest BCUT2D eigenvalue weighted by atomic mass is 10.0. The molecule has 1 aromatic carbocycles. The number of anilines is 1. The number of thiazole rings is 1. The van der Waals surface area contributed by atoms with Crippen LogP contribution in [0.5, 0.6) is 0 Å². The molecule has 180 valence electrons. The summed E-state index contributed by atoms with van der Waals surface area (Å²) in [4.78, 5) is 19.7. The number of morpholine rings is 1. The number of nitrogens with one attached hydrogen (secondary N) is 1. The number of sulfonamides is 1. The number of rotatable bonds is 6. The van der Waals surface area contributed by atoms with E-state index in [1.807, 2.05) is 5.38 Å². The van der Waals surface area contributed by atoms with Gasteiger partial charge >= 0.3 is 0 Å². The van der Waals surface area contributed by atoms with Gasteiger partial charge < -0.3 is 4.74 Å². The van der Waals surface area contributed by atoms with Crippen LogP contribution >= 0.6 is 11.3 Å². The Kier molecular flexibility index (Phi) is 7.49. The molecule has 10 heteroatoms. The summed E-state index contributed by atoms with van der Waals surface area (Å²) < 4.78 is 33.1. The fourth-order valence-corrected chi connectivity index (χ4v) is 6.57. The molecule has 3 heterocycles. The van der Waals surface area contributed by atoms with Gasteiger partial charge in [-0.05, 0) is 56.9 Å². The highest BCUT2D eigenvalue weighted by Crippen LogP contribution is 2.24. The zero-order valence-corrected chi connectivity index (χ0v) is 21.0. The molecule has 2 aliphatic rings. The number of nitrogens with zero attached hydrogens (tertiary/aromatic N) is 3. The summed E-state index contributed by atoms with van der Waals surface area (Å²) in [6, 6.07) is 6.13. The molecule has 0 radical (unpaired) electrons. The fraction of sp³-hybridized carbons (Fsp3) is 0.565. The fourth-order valence-electron chi connectivity index (χ4n) is 4.40. The molecule has 1 amide bonds. The molecule has 4 rings (SSSR count). The number of carbonyl (C=O) groups excluding carboxylic acids is 1. The molecule has 2 aromatic rings. The first kappa shape index (κ1) is 24.3. The molecule has 0 aliphatic carbocycles. The van der Waals surface area contributed by atoms with Crippen molar-refractivity contribution in [1.29, 1.82) is 0 Å². The highest BCUT2D eigenvalue weighted by Gasteiger charge is 2.28. The molecule has 33 heavy (non-hydrogen) atoms. The average molecular weight is 493 g/mol. The van der Waals surface area contributed by atoms with Crippen molar-refractivity contribution in [2.75, 3.05) is 31.5 Å². The Labute approximate surface area is 200 Å². The Bertz CT molecular complexity index is 1050. The van der Waals surface area contributed by atoms with Crippen LogP contribution in [0.4, 0.5) is 5.13 Å². The maximum absolute atomic E-state index is 12.9. The molecule has 2 unspecified atom stereocenters. The minimum Gasteiger partial charge on any atom is -0.373 e. The van der Waals surface area contributed by atoms with Crippen LogP contribution in [-0.4, -0.2) is 66.9 Å². The van der Waals surface area contributed by atoms with Crippen LogP contribution in [0.2, 0.25) is 0 Å². The number of hydrogen-bond donors (Lipinski definition) is 1. The van der Waals surface area contributed by atoms with Crippen molar-refractivity contribution in [3.05, 3.63) is 40.9 Å². The molecule has 0 spiro atoms. The number of aromatic nitrogens is 1. The Balaban J connectivity index is 1.35. The van der Waals surface area contributed by atoms with Crippen molar-refractivity contribution in [3.63, 3.8) is 0 Å². The maximum Gasteiger partial charge on any atom is 0.257 e. The number of piperidine rings is 1. The maximum atomic E-state index is 12.9. The summed E-state index contributed by atoms with van der Waals surface area (Å²) in [6.45, 7) is 9.79. The number of hydrogen-bond acceptors (Lipinski definition) is 7. The van der Waals surface area contributed by atoms with Crippen LogP contribution in [0.1, 0.15) is 49.7 Å². The molecule has 2 atom stereocenters. The lowest BCUT2D eigenvalue weighted by molar-refractivity contribution is -0.0707. The van der Waals surface area contributed by atoms with E-state index in [2.05, 4.69) is 36.0 Å². The SMILES string of the molecule is CC1CCN(S(=O)(=O)c2ccc(C(=O)Nc3nc(CN4CC(C)OC(C)C4)cs3)cc2)CC1. The molecule has 1 aromatic heterocycles. The zero-order chi connectivity index (χ0) is 23.6. The third-order valence-corrected chi connectivity index (χ3v) is 8.87. The van der Waals surface area contributed by atoms with E-state index in [0.717, 1.165) is 31.6 Å². The summed E-state index contributed by atoms with van der Waals surface area (Å²) in [7, 11) is -3.53. The average Bonchev–Trinajstić information content (AvgIpc) is 3.20. The van der Waals surface area contributed by atoms with Crippen LogP contribution in [0.3, 0.4) is 0 Å². The summed E-state index contributed by atoms with van der Waals surface area (Å²) in [5.74, 6) is 0.246. The minimum atomic E-state index is -3.53. The number of ether oxygens (including phenoxy) is 1. The highest BCUT2D eigenvalue weighted by atomic mass is 32.2. The number of amides is 1. The van der Waals surface area contributed by atoms with E-state index < -0.39 is 10.0 Å². The Hall–Kier alpha value is -1.85. The standard InChI is InChI=1S/C23H32N4O4S2/c1-16-8-10-27(11-9-16)33(29,30)21-6-4-19(5-7-21)22(28)25-23-24-20(15-32-23)14-26-12-17(2)31-18(3)13-26/h4-7,15-18H,8-14H2,1-3H3,(H,24,25,28). The van der Waals surface area contributed by atoms with Crippen molar-refractivity contribution in [2.45, 2.75) is 57.3 Å². The van der Waals surface area contributed by atoms with Gasteiger partial charge in [0.2, 0.25) is 10.0 Å². The van der Waals surface area contributed by atoms with Crippen LogP contribution in [0.15, 0.2) is 34.5 Å². The van der Waals surface area contributed by atoms with Crippen molar-refractivity contribution in [2.24, 2.45) is 5.92 Å². The number of carbonyl (C=O) groups is 1. The molecule has 0 saturated carbocycles. The first-order chi connectivity index (χ1) is 15.7.